The van der Waals surface area contributed by atoms with E-state index in [0.717, 1.165) is 14.7 Å². The smallest absolute Gasteiger partial charge is 0.153 e. The van der Waals surface area contributed by atoms with Crippen molar-refractivity contribution in [3.63, 3.8) is 0 Å². The Hall–Kier alpha value is -1.73. The first-order valence-corrected chi connectivity index (χ1v) is 7.21. The molecule has 0 spiro atoms. The van der Waals surface area contributed by atoms with Crippen LogP contribution in [0.4, 0.5) is 14.6 Å². The lowest BCUT2D eigenvalue weighted by atomic mass is 10.0. The Kier molecular flexibility index (Phi) is 3.31. The van der Waals surface area contributed by atoms with Gasteiger partial charge in [-0.3, -0.25) is 5.10 Å². The predicted molar refractivity (Wildman–Crippen MR) is 79.4 cm³/mol. The van der Waals surface area contributed by atoms with Gasteiger partial charge in [0.25, 0.3) is 0 Å². The first-order valence-electron chi connectivity index (χ1n) is 5.60. The van der Waals surface area contributed by atoms with E-state index in [2.05, 4.69) is 26.1 Å². The summed E-state index contributed by atoms with van der Waals surface area (Å²) in [6.45, 7) is 0. The lowest BCUT2D eigenvalue weighted by Gasteiger charge is -2.04. The average Bonchev–Trinajstić information content (AvgIpc) is 2.94. The summed E-state index contributed by atoms with van der Waals surface area (Å²) in [7, 11) is 0. The molecule has 0 aliphatic rings. The Morgan fingerprint density at radius 3 is 2.45 bits per heavy atom. The van der Waals surface area contributed by atoms with Crippen LogP contribution in [0.3, 0.4) is 0 Å². The average molecular weight is 356 g/mol. The molecule has 0 radical (unpaired) electrons. The summed E-state index contributed by atoms with van der Waals surface area (Å²) in [4.78, 5) is 0.876. The highest BCUT2D eigenvalue weighted by molar-refractivity contribution is 9.11. The number of anilines is 1. The lowest BCUT2D eigenvalue weighted by Crippen LogP contribution is -1.90. The van der Waals surface area contributed by atoms with Gasteiger partial charge in [-0.15, -0.1) is 11.3 Å². The minimum atomic E-state index is -0.654. The van der Waals surface area contributed by atoms with Crippen LogP contribution >= 0.6 is 27.3 Å². The third kappa shape index (κ3) is 2.34. The van der Waals surface area contributed by atoms with Crippen molar-refractivity contribution < 1.29 is 8.78 Å². The molecule has 7 heteroatoms. The Labute approximate surface area is 125 Å². The molecule has 3 rings (SSSR count). The molecular formula is C13H8BrF2N3S. The Balaban J connectivity index is 2.21. The minimum Gasteiger partial charge on any atom is -0.382 e. The highest BCUT2D eigenvalue weighted by atomic mass is 79.9. The summed E-state index contributed by atoms with van der Waals surface area (Å²) >= 11 is 4.85. The van der Waals surface area contributed by atoms with E-state index in [-0.39, 0.29) is 5.82 Å². The van der Waals surface area contributed by atoms with Gasteiger partial charge < -0.3 is 5.73 Å². The molecule has 0 saturated carbocycles. The number of thiophene rings is 1. The van der Waals surface area contributed by atoms with E-state index in [0.29, 0.717) is 16.8 Å². The number of hydrogen-bond donors (Lipinski definition) is 2. The molecule has 0 bridgehead atoms. The molecule has 0 saturated heterocycles. The predicted octanol–water partition coefficient (Wildman–Crippen LogP) is 4.43. The van der Waals surface area contributed by atoms with Gasteiger partial charge in [-0.2, -0.15) is 5.10 Å². The van der Waals surface area contributed by atoms with Crippen molar-refractivity contribution in [2.45, 2.75) is 0 Å². The number of nitrogens with one attached hydrogen (secondary N) is 1. The SMILES string of the molecule is Nc1n[nH]c(-c2ccc(Br)s2)c1-c1cc(F)cc(F)c1. The largest absolute Gasteiger partial charge is 0.382 e. The van der Waals surface area contributed by atoms with Crippen LogP contribution in [0.15, 0.2) is 34.1 Å². The number of aromatic amines is 1. The highest BCUT2D eigenvalue weighted by Crippen LogP contribution is 2.39. The van der Waals surface area contributed by atoms with Crippen molar-refractivity contribution in [2.24, 2.45) is 0 Å². The van der Waals surface area contributed by atoms with Gasteiger partial charge in [-0.1, -0.05) is 0 Å². The maximum absolute atomic E-state index is 13.4. The summed E-state index contributed by atoms with van der Waals surface area (Å²) in [6.07, 6.45) is 0. The highest BCUT2D eigenvalue weighted by Gasteiger charge is 2.17. The number of H-pyrrole nitrogens is 1. The van der Waals surface area contributed by atoms with Crippen LogP contribution in [0.25, 0.3) is 21.7 Å². The Bertz CT molecular complexity index is 762. The van der Waals surface area contributed by atoms with E-state index in [1.807, 2.05) is 12.1 Å². The number of benzene rings is 1. The van der Waals surface area contributed by atoms with Gasteiger partial charge >= 0.3 is 0 Å². The number of nitrogen functional groups attached to an aromatic ring is 1. The number of halogens is 3. The standard InChI is InChI=1S/C13H8BrF2N3S/c14-10-2-1-9(20-10)12-11(13(17)19-18-12)6-3-7(15)5-8(16)4-6/h1-5H,(H3,17,18,19). The zero-order valence-corrected chi connectivity index (χ0v) is 12.4. The minimum absolute atomic E-state index is 0.203. The van der Waals surface area contributed by atoms with Crippen LogP contribution in [-0.2, 0) is 0 Å². The van der Waals surface area contributed by atoms with Crippen LogP contribution in [0, 0.1) is 11.6 Å². The number of rotatable bonds is 2. The van der Waals surface area contributed by atoms with Gasteiger partial charge in [0.15, 0.2) is 5.82 Å². The molecule has 102 valence electrons. The summed E-state index contributed by atoms with van der Waals surface area (Å²) in [5, 5.41) is 6.75. The van der Waals surface area contributed by atoms with Gasteiger partial charge in [0.1, 0.15) is 11.6 Å². The van der Waals surface area contributed by atoms with Crippen LogP contribution in [0.2, 0.25) is 0 Å². The molecule has 0 amide bonds. The van der Waals surface area contributed by atoms with Crippen LogP contribution in [0.5, 0.6) is 0 Å². The maximum Gasteiger partial charge on any atom is 0.153 e. The fourth-order valence-electron chi connectivity index (χ4n) is 1.97. The zero-order valence-electron chi connectivity index (χ0n) is 9.95. The maximum atomic E-state index is 13.4. The molecule has 3 N–H and O–H groups in total. The normalized spacial score (nSPS) is 10.9. The van der Waals surface area contributed by atoms with Gasteiger partial charge in [0, 0.05) is 6.07 Å². The van der Waals surface area contributed by atoms with Crippen molar-refractivity contribution in [1.29, 1.82) is 0 Å². The topological polar surface area (TPSA) is 54.7 Å². The first-order chi connectivity index (χ1) is 9.54. The van der Waals surface area contributed by atoms with Crippen LogP contribution < -0.4 is 5.73 Å². The number of nitrogens with two attached hydrogens (primary N) is 1. The van der Waals surface area contributed by atoms with Crippen molar-refractivity contribution in [1.82, 2.24) is 10.2 Å². The monoisotopic (exact) mass is 355 g/mol. The van der Waals surface area contributed by atoms with Crippen molar-refractivity contribution in [2.75, 3.05) is 5.73 Å². The summed E-state index contributed by atoms with van der Waals surface area (Å²) < 4.78 is 27.7. The lowest BCUT2D eigenvalue weighted by molar-refractivity contribution is 0.584. The molecule has 2 heterocycles. The summed E-state index contributed by atoms with van der Waals surface area (Å²) in [5.74, 6) is -1.10. The number of nitrogens with zero attached hydrogens (tertiary/aromatic N) is 1. The van der Waals surface area contributed by atoms with Gasteiger partial charge in [-0.05, 0) is 45.8 Å². The van der Waals surface area contributed by atoms with E-state index in [4.69, 9.17) is 5.73 Å². The van der Waals surface area contributed by atoms with Crippen LogP contribution in [-0.4, -0.2) is 10.2 Å². The molecule has 1 aromatic carbocycles. The van der Waals surface area contributed by atoms with Gasteiger partial charge in [0.2, 0.25) is 0 Å². The van der Waals surface area contributed by atoms with E-state index >= 15 is 0 Å². The van der Waals surface area contributed by atoms with Gasteiger partial charge in [0.05, 0.1) is 19.9 Å². The van der Waals surface area contributed by atoms with Crippen LogP contribution in [0.1, 0.15) is 0 Å². The second kappa shape index (κ2) is 4.99. The van der Waals surface area contributed by atoms with Crippen molar-refractivity contribution >= 4 is 33.1 Å². The molecule has 0 unspecified atom stereocenters. The summed E-state index contributed by atoms with van der Waals surface area (Å²) in [5.41, 5.74) is 7.32. The van der Waals surface area contributed by atoms with E-state index in [1.54, 1.807) is 0 Å². The second-order valence-corrected chi connectivity index (χ2v) is 6.58. The molecule has 0 aliphatic carbocycles. The number of aromatic nitrogens is 2. The molecule has 0 fully saturated rings. The molecule has 3 nitrogen and oxygen atoms in total. The first kappa shape index (κ1) is 13.3. The Morgan fingerprint density at radius 1 is 1.15 bits per heavy atom. The Morgan fingerprint density at radius 2 is 1.85 bits per heavy atom. The quantitative estimate of drug-likeness (QED) is 0.714. The summed E-state index contributed by atoms with van der Waals surface area (Å²) in [6, 6.07) is 7.04. The molecule has 0 atom stereocenters. The fourth-order valence-corrected chi connectivity index (χ4v) is 3.36. The molecule has 0 aliphatic heterocycles. The second-order valence-electron chi connectivity index (χ2n) is 4.12. The third-order valence-corrected chi connectivity index (χ3v) is 4.41. The third-order valence-electron chi connectivity index (χ3n) is 2.77. The van der Waals surface area contributed by atoms with Crippen molar-refractivity contribution in [3.05, 3.63) is 45.8 Å². The molecule has 3 aromatic rings. The van der Waals surface area contributed by atoms with Crippen molar-refractivity contribution in [3.8, 4) is 21.7 Å². The van der Waals surface area contributed by atoms with E-state index in [9.17, 15) is 8.78 Å². The molecular weight excluding hydrogens is 348 g/mol. The number of hydrogen-bond acceptors (Lipinski definition) is 3. The molecule has 2 aromatic heterocycles. The van der Waals surface area contributed by atoms with E-state index < -0.39 is 11.6 Å². The van der Waals surface area contributed by atoms with Gasteiger partial charge in [-0.25, -0.2) is 8.78 Å². The molecule has 20 heavy (non-hydrogen) atoms. The fraction of sp³-hybridized carbons (Fsp3) is 0. The van der Waals surface area contributed by atoms with E-state index in [1.165, 1.54) is 23.5 Å². The zero-order chi connectivity index (χ0) is 14.3.